The number of ether oxygens (including phenoxy) is 1. The number of Topliss-reactive ketones (excluding diaryl/α,β-unsaturated/α-hetero) is 1. The number of aliphatic carboxylic acids is 1. The summed E-state index contributed by atoms with van der Waals surface area (Å²) in [5.74, 6) is -3.21. The third-order valence-electron chi connectivity index (χ3n) is 3.45. The zero-order chi connectivity index (χ0) is 19.5. The fourth-order valence-electron chi connectivity index (χ4n) is 2.05. The highest BCUT2D eigenvalue weighted by molar-refractivity contribution is 5.94. The van der Waals surface area contributed by atoms with Gasteiger partial charge in [-0.2, -0.15) is 0 Å². The van der Waals surface area contributed by atoms with Crippen LogP contribution in [0.1, 0.15) is 25.3 Å². The number of halogens is 1. The van der Waals surface area contributed by atoms with Gasteiger partial charge < -0.3 is 20.5 Å². The molecule has 0 saturated heterocycles. The molecule has 3 N–H and O–H groups in total. The van der Waals surface area contributed by atoms with E-state index in [2.05, 4.69) is 10.6 Å². The molecule has 0 spiro atoms. The molecule has 1 rings (SSSR count). The van der Waals surface area contributed by atoms with Crippen LogP contribution >= 0.6 is 0 Å². The summed E-state index contributed by atoms with van der Waals surface area (Å²) in [4.78, 5) is 46.1. The summed E-state index contributed by atoms with van der Waals surface area (Å²) >= 11 is 0. The van der Waals surface area contributed by atoms with Gasteiger partial charge in [-0.25, -0.2) is 9.18 Å². The third-order valence-corrected chi connectivity index (χ3v) is 3.45. The highest BCUT2D eigenvalue weighted by Crippen LogP contribution is 2.03. The van der Waals surface area contributed by atoms with Crippen LogP contribution in [0.4, 0.5) is 9.18 Å². The van der Waals surface area contributed by atoms with Crippen LogP contribution in [-0.4, -0.2) is 47.6 Å². The zero-order valence-corrected chi connectivity index (χ0v) is 14.2. The first kappa shape index (κ1) is 21.1. The van der Waals surface area contributed by atoms with Crippen LogP contribution in [0.5, 0.6) is 0 Å². The second-order valence-electron chi connectivity index (χ2n) is 5.43. The lowest BCUT2D eigenvalue weighted by molar-refractivity contribution is -0.140. The van der Waals surface area contributed by atoms with Crippen LogP contribution in [0.2, 0.25) is 0 Å². The van der Waals surface area contributed by atoms with Gasteiger partial charge in [-0.15, -0.1) is 0 Å². The molecule has 0 aliphatic heterocycles. The minimum Gasteiger partial charge on any atom is -0.481 e. The molecule has 0 aromatic heterocycles. The van der Waals surface area contributed by atoms with E-state index in [1.807, 2.05) is 6.07 Å². The number of carboxylic acid groups (broad SMARTS) is 1. The molecular formula is C17H21FN2O6. The van der Waals surface area contributed by atoms with Gasteiger partial charge in [0, 0.05) is 0 Å². The Kier molecular flexibility index (Phi) is 8.76. The van der Waals surface area contributed by atoms with Gasteiger partial charge in [0.1, 0.15) is 25.4 Å². The van der Waals surface area contributed by atoms with Gasteiger partial charge in [-0.1, -0.05) is 37.3 Å². The van der Waals surface area contributed by atoms with Crippen LogP contribution in [0.3, 0.4) is 0 Å². The Morgan fingerprint density at radius 2 is 1.77 bits per heavy atom. The molecule has 2 amide bonds. The molecular weight excluding hydrogens is 347 g/mol. The highest BCUT2D eigenvalue weighted by atomic mass is 19.1. The maximum Gasteiger partial charge on any atom is 0.408 e. The lowest BCUT2D eigenvalue weighted by Crippen LogP contribution is -2.52. The number of carboxylic acids is 1. The largest absolute Gasteiger partial charge is 0.481 e. The van der Waals surface area contributed by atoms with E-state index >= 15 is 0 Å². The normalized spacial score (nSPS) is 12.5. The predicted octanol–water partition coefficient (Wildman–Crippen LogP) is 1.19. The molecule has 0 radical (unpaired) electrons. The van der Waals surface area contributed by atoms with E-state index in [0.717, 1.165) is 5.56 Å². The Morgan fingerprint density at radius 3 is 2.31 bits per heavy atom. The molecule has 1 aromatic carbocycles. The van der Waals surface area contributed by atoms with Gasteiger partial charge >= 0.3 is 12.1 Å². The molecule has 142 valence electrons. The zero-order valence-electron chi connectivity index (χ0n) is 14.2. The van der Waals surface area contributed by atoms with Crippen molar-refractivity contribution in [1.29, 1.82) is 0 Å². The Morgan fingerprint density at radius 1 is 1.12 bits per heavy atom. The first-order chi connectivity index (χ1) is 12.4. The molecule has 9 heteroatoms. The number of carbonyl (C=O) groups excluding carboxylic acids is 3. The molecule has 26 heavy (non-hydrogen) atoms. The van der Waals surface area contributed by atoms with E-state index in [9.17, 15) is 23.6 Å². The Bertz CT molecular complexity index is 637. The van der Waals surface area contributed by atoms with E-state index in [1.165, 1.54) is 0 Å². The van der Waals surface area contributed by atoms with Crippen molar-refractivity contribution in [2.45, 2.75) is 38.5 Å². The van der Waals surface area contributed by atoms with Gasteiger partial charge in [0.25, 0.3) is 0 Å². The van der Waals surface area contributed by atoms with E-state index in [0.29, 0.717) is 0 Å². The van der Waals surface area contributed by atoms with Gasteiger partial charge in [0.15, 0.2) is 5.78 Å². The van der Waals surface area contributed by atoms with Crippen LogP contribution in [-0.2, 0) is 25.7 Å². The van der Waals surface area contributed by atoms with Crippen molar-refractivity contribution < 1.29 is 33.4 Å². The fraction of sp³-hybridized carbons (Fsp3) is 0.412. The summed E-state index contributed by atoms with van der Waals surface area (Å²) in [5, 5.41) is 13.2. The number of nitrogens with one attached hydrogen (secondary N) is 2. The summed E-state index contributed by atoms with van der Waals surface area (Å²) in [7, 11) is 0. The molecule has 8 nitrogen and oxygen atoms in total. The number of carbonyl (C=O) groups is 4. The minimum atomic E-state index is -1.50. The Hall–Kier alpha value is -2.97. The first-order valence-corrected chi connectivity index (χ1v) is 7.95. The fourth-order valence-corrected chi connectivity index (χ4v) is 2.05. The maximum absolute atomic E-state index is 12.5. The second kappa shape index (κ2) is 10.8. The summed E-state index contributed by atoms with van der Waals surface area (Å²) in [6.45, 7) is 0.208. The standard InChI is InChI=1S/C17H21FN2O6/c1-2-12(16(24)19-13(8-15(22)23)14(21)9-18)20-17(25)26-10-11-6-4-3-5-7-11/h3-7,12-13H,2,8-10H2,1H3,(H,19,24)(H,20,25)(H,22,23)/t12-,13?/m0/s1. The number of rotatable bonds is 10. The SMILES string of the molecule is CC[C@H](NC(=O)OCc1ccccc1)C(=O)NC(CC(=O)O)C(=O)CF. The maximum atomic E-state index is 12.5. The van der Waals surface area contributed by atoms with Gasteiger partial charge in [-0.05, 0) is 12.0 Å². The number of alkyl carbamates (subject to hydrolysis) is 1. The van der Waals surface area contributed by atoms with E-state index in [4.69, 9.17) is 9.84 Å². The monoisotopic (exact) mass is 368 g/mol. The van der Waals surface area contributed by atoms with E-state index < -0.39 is 48.9 Å². The summed E-state index contributed by atoms with van der Waals surface area (Å²) in [6, 6.07) is 6.34. The molecule has 1 aromatic rings. The number of hydrogen-bond donors (Lipinski definition) is 3. The molecule has 0 aliphatic carbocycles. The lowest BCUT2D eigenvalue weighted by atomic mass is 10.1. The van der Waals surface area contributed by atoms with Gasteiger partial charge in [-0.3, -0.25) is 14.4 Å². The van der Waals surface area contributed by atoms with E-state index in [1.54, 1.807) is 31.2 Å². The summed E-state index contributed by atoms with van der Waals surface area (Å²) in [6.07, 6.45) is -1.43. The predicted molar refractivity (Wildman–Crippen MR) is 89.0 cm³/mol. The molecule has 1 unspecified atom stereocenters. The van der Waals surface area contributed by atoms with Crippen molar-refractivity contribution in [1.82, 2.24) is 10.6 Å². The second-order valence-corrected chi connectivity index (χ2v) is 5.43. The molecule has 0 saturated carbocycles. The van der Waals surface area contributed by atoms with Crippen LogP contribution < -0.4 is 10.6 Å². The smallest absolute Gasteiger partial charge is 0.408 e. The van der Waals surface area contributed by atoms with Crippen molar-refractivity contribution in [3.8, 4) is 0 Å². The van der Waals surface area contributed by atoms with Crippen LogP contribution in [0.15, 0.2) is 30.3 Å². The van der Waals surface area contributed by atoms with Crippen molar-refractivity contribution in [2.24, 2.45) is 0 Å². The summed E-state index contributed by atoms with van der Waals surface area (Å²) < 4.78 is 17.5. The third kappa shape index (κ3) is 7.29. The van der Waals surface area contributed by atoms with Crippen molar-refractivity contribution in [3.63, 3.8) is 0 Å². The highest BCUT2D eigenvalue weighted by Gasteiger charge is 2.27. The first-order valence-electron chi connectivity index (χ1n) is 7.95. The number of amides is 2. The average Bonchev–Trinajstić information content (AvgIpc) is 2.63. The quantitative estimate of drug-likeness (QED) is 0.570. The Balaban J connectivity index is 2.59. The molecule has 0 fully saturated rings. The Labute approximate surface area is 149 Å². The summed E-state index contributed by atoms with van der Waals surface area (Å²) in [5.41, 5.74) is 0.759. The average molecular weight is 368 g/mol. The number of hydrogen-bond acceptors (Lipinski definition) is 5. The van der Waals surface area contributed by atoms with Gasteiger partial charge in [0.05, 0.1) is 6.42 Å². The van der Waals surface area contributed by atoms with Crippen molar-refractivity contribution >= 4 is 23.8 Å². The number of ketones is 1. The molecule has 0 bridgehead atoms. The van der Waals surface area contributed by atoms with Gasteiger partial charge in [0.2, 0.25) is 5.91 Å². The number of alkyl halides is 1. The van der Waals surface area contributed by atoms with Crippen molar-refractivity contribution in [3.05, 3.63) is 35.9 Å². The molecule has 0 aliphatic rings. The van der Waals surface area contributed by atoms with Crippen molar-refractivity contribution in [2.75, 3.05) is 6.67 Å². The molecule has 2 atom stereocenters. The lowest BCUT2D eigenvalue weighted by Gasteiger charge is -2.20. The molecule has 0 heterocycles. The minimum absolute atomic E-state index is 0.00665. The van der Waals surface area contributed by atoms with Crippen LogP contribution in [0.25, 0.3) is 0 Å². The van der Waals surface area contributed by atoms with Crippen LogP contribution in [0, 0.1) is 0 Å². The topological polar surface area (TPSA) is 122 Å². The van der Waals surface area contributed by atoms with E-state index in [-0.39, 0.29) is 13.0 Å². The number of benzene rings is 1.